The van der Waals surface area contributed by atoms with Crippen LogP contribution in [0.4, 0.5) is 13.2 Å². The van der Waals surface area contributed by atoms with Gasteiger partial charge in [-0.25, -0.2) is 4.99 Å². The first kappa shape index (κ1) is 8.23. The lowest BCUT2D eigenvalue weighted by Gasteiger charge is -2.12. The Labute approximate surface area is 61.1 Å². The molecule has 0 aromatic heterocycles. The lowest BCUT2D eigenvalue weighted by atomic mass is 10.1. The minimum absolute atomic E-state index is 0.130. The van der Waals surface area contributed by atoms with Crippen molar-refractivity contribution < 1.29 is 18.0 Å². The molecule has 0 spiro atoms. The number of alkyl halides is 3. The summed E-state index contributed by atoms with van der Waals surface area (Å²) in [6.07, 6.45) is -4.15. The highest BCUT2D eigenvalue weighted by molar-refractivity contribution is 6.00. The molecule has 5 heteroatoms. The molecule has 0 radical (unpaired) electrons. The number of hydrogen-bond acceptors (Lipinski definition) is 1. The van der Waals surface area contributed by atoms with Crippen LogP contribution in [0.3, 0.4) is 0 Å². The molecular weight excluding hydrogens is 159 g/mol. The maximum Gasteiger partial charge on any atom is 0.429 e. The molecule has 1 aliphatic rings. The van der Waals surface area contributed by atoms with Crippen molar-refractivity contribution in [2.75, 3.05) is 0 Å². The van der Waals surface area contributed by atoms with E-state index in [1.165, 1.54) is 0 Å². The van der Waals surface area contributed by atoms with E-state index in [1.54, 1.807) is 0 Å². The van der Waals surface area contributed by atoms with Gasteiger partial charge in [0.2, 0.25) is 5.91 Å². The van der Waals surface area contributed by atoms with E-state index in [4.69, 9.17) is 0 Å². The molecular formula is C6H6F3NO. The van der Waals surface area contributed by atoms with E-state index in [1.807, 2.05) is 0 Å². The third kappa shape index (κ3) is 2.03. The number of carbonyl (C=O) groups is 1. The van der Waals surface area contributed by atoms with Crippen LogP contribution < -0.4 is 0 Å². The maximum absolute atomic E-state index is 11.8. The molecule has 0 bridgehead atoms. The van der Waals surface area contributed by atoms with Gasteiger partial charge in [0, 0.05) is 6.42 Å². The van der Waals surface area contributed by atoms with Crippen molar-refractivity contribution in [2.45, 2.75) is 25.4 Å². The first-order valence-electron chi connectivity index (χ1n) is 3.18. The molecule has 0 aromatic rings. The average molecular weight is 165 g/mol. The summed E-state index contributed by atoms with van der Waals surface area (Å²) in [6.45, 7) is 0. The predicted octanol–water partition coefficient (Wildman–Crippen LogP) is 1.70. The van der Waals surface area contributed by atoms with E-state index in [0.717, 1.165) is 0 Å². The zero-order chi connectivity index (χ0) is 8.48. The number of aliphatic imine (C=N–C) groups is 1. The van der Waals surface area contributed by atoms with Crippen LogP contribution in [0.15, 0.2) is 4.99 Å². The van der Waals surface area contributed by atoms with Crippen LogP contribution in [0.25, 0.3) is 0 Å². The van der Waals surface area contributed by atoms with Gasteiger partial charge in [0.15, 0.2) is 0 Å². The van der Waals surface area contributed by atoms with Gasteiger partial charge >= 0.3 is 6.18 Å². The minimum atomic E-state index is -4.42. The number of halogens is 3. The summed E-state index contributed by atoms with van der Waals surface area (Å²) in [7, 11) is 0. The van der Waals surface area contributed by atoms with Crippen LogP contribution in [0.5, 0.6) is 0 Å². The van der Waals surface area contributed by atoms with Crippen LogP contribution in [0.2, 0.25) is 0 Å². The highest BCUT2D eigenvalue weighted by Crippen LogP contribution is 2.23. The molecule has 0 unspecified atom stereocenters. The second kappa shape index (κ2) is 2.64. The standard InChI is InChI=1S/C6H6F3NO/c7-6(8,9)4-2-1-3-5(11)10-4/h1-3H2. The number of amides is 1. The normalized spacial score (nSPS) is 19.9. The zero-order valence-electron chi connectivity index (χ0n) is 5.61. The fourth-order valence-electron chi connectivity index (χ4n) is 0.875. The average Bonchev–Trinajstić information content (AvgIpc) is 1.86. The Morgan fingerprint density at radius 3 is 2.27 bits per heavy atom. The van der Waals surface area contributed by atoms with Gasteiger partial charge in [0.05, 0.1) is 0 Å². The van der Waals surface area contributed by atoms with E-state index < -0.39 is 17.8 Å². The van der Waals surface area contributed by atoms with Crippen LogP contribution in [0, 0.1) is 0 Å². The molecule has 62 valence electrons. The summed E-state index contributed by atoms with van der Waals surface area (Å²) in [5, 5.41) is 0. The predicted molar refractivity (Wildman–Crippen MR) is 32.3 cm³/mol. The van der Waals surface area contributed by atoms with Crippen LogP contribution in [-0.4, -0.2) is 17.8 Å². The van der Waals surface area contributed by atoms with Crippen LogP contribution in [-0.2, 0) is 4.79 Å². The number of hydrogen-bond donors (Lipinski definition) is 0. The number of nitrogens with zero attached hydrogens (tertiary/aromatic N) is 1. The van der Waals surface area contributed by atoms with E-state index >= 15 is 0 Å². The summed E-state index contributed by atoms with van der Waals surface area (Å²) < 4.78 is 35.5. The third-order valence-electron chi connectivity index (χ3n) is 1.39. The van der Waals surface area contributed by atoms with Gasteiger partial charge in [0.25, 0.3) is 0 Å². The SMILES string of the molecule is O=C1CCCC(C(F)(F)F)=N1. The second-order valence-corrected chi connectivity index (χ2v) is 2.30. The van der Waals surface area contributed by atoms with Gasteiger partial charge in [-0.1, -0.05) is 0 Å². The summed E-state index contributed by atoms with van der Waals surface area (Å²) in [4.78, 5) is 13.3. The molecule has 0 saturated heterocycles. The number of carbonyl (C=O) groups excluding carboxylic acids is 1. The van der Waals surface area contributed by atoms with Crippen molar-refractivity contribution in [3.05, 3.63) is 0 Å². The quantitative estimate of drug-likeness (QED) is 0.537. The van der Waals surface area contributed by atoms with E-state index in [2.05, 4.69) is 4.99 Å². The van der Waals surface area contributed by atoms with Gasteiger partial charge in [-0.05, 0) is 12.8 Å². The lowest BCUT2D eigenvalue weighted by molar-refractivity contribution is -0.119. The van der Waals surface area contributed by atoms with Gasteiger partial charge < -0.3 is 0 Å². The molecule has 11 heavy (non-hydrogen) atoms. The van der Waals surface area contributed by atoms with Crippen LogP contribution in [0.1, 0.15) is 19.3 Å². The fourth-order valence-corrected chi connectivity index (χ4v) is 0.875. The Balaban J connectivity index is 2.79. The highest BCUT2D eigenvalue weighted by atomic mass is 19.4. The van der Waals surface area contributed by atoms with Crippen molar-refractivity contribution in [3.8, 4) is 0 Å². The van der Waals surface area contributed by atoms with Crippen LogP contribution >= 0.6 is 0 Å². The van der Waals surface area contributed by atoms with Crippen molar-refractivity contribution >= 4 is 11.6 Å². The first-order valence-corrected chi connectivity index (χ1v) is 3.18. The lowest BCUT2D eigenvalue weighted by Crippen LogP contribution is -2.26. The number of rotatable bonds is 0. The fraction of sp³-hybridized carbons (Fsp3) is 0.667. The van der Waals surface area contributed by atoms with E-state index in [9.17, 15) is 18.0 Å². The van der Waals surface area contributed by atoms with Gasteiger partial charge in [-0.2, -0.15) is 13.2 Å². The Hall–Kier alpha value is -0.870. The largest absolute Gasteiger partial charge is 0.429 e. The van der Waals surface area contributed by atoms with Gasteiger partial charge in [-0.15, -0.1) is 0 Å². The third-order valence-corrected chi connectivity index (χ3v) is 1.39. The summed E-state index contributed by atoms with van der Waals surface area (Å²) >= 11 is 0. The molecule has 1 aliphatic heterocycles. The Morgan fingerprint density at radius 1 is 1.27 bits per heavy atom. The molecule has 0 aromatic carbocycles. The monoisotopic (exact) mass is 165 g/mol. The maximum atomic E-state index is 11.8. The summed E-state index contributed by atoms with van der Waals surface area (Å²) in [5.41, 5.74) is -0.936. The minimum Gasteiger partial charge on any atom is -0.273 e. The van der Waals surface area contributed by atoms with Gasteiger partial charge in [0.1, 0.15) is 5.71 Å². The van der Waals surface area contributed by atoms with E-state index in [-0.39, 0.29) is 19.3 Å². The first-order chi connectivity index (χ1) is 5.00. The van der Waals surface area contributed by atoms with Crippen molar-refractivity contribution in [1.29, 1.82) is 0 Å². The van der Waals surface area contributed by atoms with Gasteiger partial charge in [-0.3, -0.25) is 4.79 Å². The molecule has 0 saturated carbocycles. The smallest absolute Gasteiger partial charge is 0.273 e. The Morgan fingerprint density at radius 2 is 1.91 bits per heavy atom. The molecule has 1 amide bonds. The Bertz CT molecular complexity index is 206. The zero-order valence-corrected chi connectivity index (χ0v) is 5.61. The Kier molecular flexibility index (Phi) is 1.97. The summed E-state index contributed by atoms with van der Waals surface area (Å²) in [5.74, 6) is -0.663. The van der Waals surface area contributed by atoms with Crippen molar-refractivity contribution in [1.82, 2.24) is 0 Å². The molecule has 0 N–H and O–H groups in total. The van der Waals surface area contributed by atoms with Crippen molar-refractivity contribution in [3.63, 3.8) is 0 Å². The molecule has 1 rings (SSSR count). The highest BCUT2D eigenvalue weighted by Gasteiger charge is 2.37. The molecule has 1 heterocycles. The molecule has 0 atom stereocenters. The molecule has 0 fully saturated rings. The molecule has 0 aliphatic carbocycles. The van der Waals surface area contributed by atoms with E-state index in [0.29, 0.717) is 0 Å². The molecule has 2 nitrogen and oxygen atoms in total. The van der Waals surface area contributed by atoms with Crippen molar-refractivity contribution in [2.24, 2.45) is 4.99 Å². The second-order valence-electron chi connectivity index (χ2n) is 2.30. The topological polar surface area (TPSA) is 29.4 Å². The summed E-state index contributed by atoms with van der Waals surface area (Å²) in [6, 6.07) is 0.